The highest BCUT2D eigenvalue weighted by Crippen LogP contribution is 2.41. The van der Waals surface area contributed by atoms with Crippen LogP contribution >= 0.6 is 0 Å². The van der Waals surface area contributed by atoms with E-state index in [-0.39, 0.29) is 22.6 Å². The molecule has 0 fully saturated rings. The molecule has 0 spiro atoms. The van der Waals surface area contributed by atoms with E-state index in [0.29, 0.717) is 32.7 Å². The van der Waals surface area contributed by atoms with E-state index >= 15 is 0 Å². The first-order chi connectivity index (χ1) is 23.6. The van der Waals surface area contributed by atoms with Crippen molar-refractivity contribution in [2.24, 2.45) is 10.8 Å². The molecule has 0 saturated heterocycles. The summed E-state index contributed by atoms with van der Waals surface area (Å²) in [6, 6.07) is 0. The monoisotopic (exact) mass is 683 g/mol. The lowest BCUT2D eigenvalue weighted by Gasteiger charge is -2.33. The molecule has 0 radical (unpaired) electrons. The third-order valence-corrected chi connectivity index (χ3v) is 9.58. The molecular weight excluding hydrogens is 617 g/mol. The topological polar surface area (TPSA) is 67.4 Å². The molecular formula is C45H66N2O3. The lowest BCUT2D eigenvalue weighted by atomic mass is 9.72. The van der Waals surface area contributed by atoms with Crippen LogP contribution in [0.3, 0.4) is 0 Å². The van der Waals surface area contributed by atoms with Gasteiger partial charge in [0.25, 0.3) is 0 Å². The predicted molar refractivity (Wildman–Crippen MR) is 214 cm³/mol. The van der Waals surface area contributed by atoms with E-state index in [1.54, 1.807) is 12.2 Å². The van der Waals surface area contributed by atoms with E-state index < -0.39 is 0 Å². The van der Waals surface area contributed by atoms with Crippen molar-refractivity contribution in [3.8, 4) is 0 Å². The van der Waals surface area contributed by atoms with Crippen LogP contribution in [0.2, 0.25) is 0 Å². The quantitative estimate of drug-likeness (QED) is 0.0911. The van der Waals surface area contributed by atoms with Gasteiger partial charge >= 0.3 is 0 Å². The molecule has 5 nitrogen and oxygen atoms in total. The number of hydrogen-bond donors (Lipinski definition) is 2. The van der Waals surface area contributed by atoms with E-state index in [9.17, 15) is 9.59 Å². The number of carbonyl (C=O) groups is 2. The third-order valence-electron chi connectivity index (χ3n) is 9.58. The zero-order valence-electron chi connectivity index (χ0n) is 32.9. The van der Waals surface area contributed by atoms with Crippen LogP contribution in [0, 0.1) is 10.8 Å². The summed E-state index contributed by atoms with van der Waals surface area (Å²) in [5.74, 6) is -0.253. The smallest absolute Gasteiger partial charge is 0.244 e. The van der Waals surface area contributed by atoms with Gasteiger partial charge in [-0.3, -0.25) is 9.59 Å². The van der Waals surface area contributed by atoms with Gasteiger partial charge in [-0.1, -0.05) is 111 Å². The average molecular weight is 683 g/mol. The van der Waals surface area contributed by atoms with Gasteiger partial charge in [0, 0.05) is 31.8 Å². The highest BCUT2D eigenvalue weighted by molar-refractivity contribution is 5.89. The molecule has 0 heterocycles. The van der Waals surface area contributed by atoms with Gasteiger partial charge in [0.2, 0.25) is 11.8 Å². The van der Waals surface area contributed by atoms with Crippen LogP contribution in [0.1, 0.15) is 114 Å². The normalized spacial score (nSPS) is 19.5. The van der Waals surface area contributed by atoms with E-state index in [1.807, 2.05) is 38.2 Å². The van der Waals surface area contributed by atoms with Gasteiger partial charge in [-0.15, -0.1) is 0 Å². The maximum absolute atomic E-state index is 12.3. The summed E-state index contributed by atoms with van der Waals surface area (Å²) in [6.45, 7) is 23.8. The van der Waals surface area contributed by atoms with Crippen LogP contribution in [0.5, 0.6) is 0 Å². The fourth-order valence-corrected chi connectivity index (χ4v) is 6.61. The van der Waals surface area contributed by atoms with Crippen LogP contribution < -0.4 is 10.6 Å². The van der Waals surface area contributed by atoms with Crippen LogP contribution in [0.25, 0.3) is 0 Å². The molecule has 2 rings (SSSR count). The zero-order valence-corrected chi connectivity index (χ0v) is 32.9. The summed E-state index contributed by atoms with van der Waals surface area (Å²) in [6.07, 6.45) is 32.2. The lowest BCUT2D eigenvalue weighted by molar-refractivity contribution is -0.117. The Morgan fingerprint density at radius 2 is 1.08 bits per heavy atom. The molecule has 2 aliphatic carbocycles. The molecule has 0 unspecified atom stereocenters. The summed E-state index contributed by atoms with van der Waals surface area (Å²) >= 11 is 0. The number of nitrogens with one attached hydrogen (secondary N) is 2. The highest BCUT2D eigenvalue weighted by atomic mass is 16.5. The van der Waals surface area contributed by atoms with Crippen LogP contribution in [0.15, 0.2) is 117 Å². The first-order valence-corrected chi connectivity index (χ1v) is 18.6. The van der Waals surface area contributed by atoms with Gasteiger partial charge in [-0.25, -0.2) is 0 Å². The molecule has 0 aromatic rings. The van der Waals surface area contributed by atoms with Crippen molar-refractivity contribution >= 4 is 11.8 Å². The molecule has 0 atom stereocenters. The third kappa shape index (κ3) is 16.3. The Kier molecular flexibility index (Phi) is 18.3. The number of rotatable bonds is 17. The molecule has 0 aromatic carbocycles. The molecule has 0 saturated carbocycles. The molecule has 50 heavy (non-hydrogen) atoms. The maximum Gasteiger partial charge on any atom is 0.244 e. The Balaban J connectivity index is 1.62. The van der Waals surface area contributed by atoms with Crippen molar-refractivity contribution in [2.75, 3.05) is 26.3 Å². The predicted octanol–water partition coefficient (Wildman–Crippen LogP) is 10.7. The summed E-state index contributed by atoms with van der Waals surface area (Å²) in [5.41, 5.74) is 10.5. The van der Waals surface area contributed by atoms with Crippen LogP contribution in [-0.4, -0.2) is 38.1 Å². The number of hydrogen-bond acceptors (Lipinski definition) is 3. The van der Waals surface area contributed by atoms with E-state index in [1.165, 1.54) is 72.0 Å². The highest BCUT2D eigenvalue weighted by Gasteiger charge is 2.27. The Morgan fingerprint density at radius 3 is 1.52 bits per heavy atom. The molecule has 2 aliphatic rings. The minimum Gasteiger partial charge on any atom is -0.380 e. The van der Waals surface area contributed by atoms with Crippen molar-refractivity contribution in [3.63, 3.8) is 0 Å². The van der Waals surface area contributed by atoms with E-state index in [4.69, 9.17) is 4.74 Å². The first kappa shape index (κ1) is 42.5. The fourth-order valence-electron chi connectivity index (χ4n) is 6.61. The second-order valence-corrected chi connectivity index (χ2v) is 15.4. The second kappa shape index (κ2) is 21.5. The van der Waals surface area contributed by atoms with Crippen molar-refractivity contribution in [1.29, 1.82) is 0 Å². The molecule has 0 bridgehead atoms. The van der Waals surface area contributed by atoms with E-state index in [0.717, 1.165) is 11.1 Å². The van der Waals surface area contributed by atoms with Gasteiger partial charge in [-0.05, 0) is 120 Å². The maximum atomic E-state index is 12.3. The Hall–Kier alpha value is -3.70. The van der Waals surface area contributed by atoms with Gasteiger partial charge in [0.15, 0.2) is 0 Å². The Bertz CT molecular complexity index is 1370. The van der Waals surface area contributed by atoms with Crippen molar-refractivity contribution < 1.29 is 14.3 Å². The van der Waals surface area contributed by atoms with Crippen molar-refractivity contribution in [1.82, 2.24) is 10.6 Å². The average Bonchev–Trinajstić information content (AvgIpc) is 3.01. The van der Waals surface area contributed by atoms with Gasteiger partial charge in [-0.2, -0.15) is 0 Å². The molecule has 5 heteroatoms. The van der Waals surface area contributed by atoms with Crippen molar-refractivity contribution in [3.05, 3.63) is 117 Å². The molecule has 0 aromatic heterocycles. The van der Waals surface area contributed by atoms with E-state index in [2.05, 4.69) is 102 Å². The molecule has 2 amide bonds. The molecule has 0 aliphatic heterocycles. The second-order valence-electron chi connectivity index (χ2n) is 15.4. The Labute approximate surface area is 304 Å². The molecule has 274 valence electrons. The number of ether oxygens (including phenoxy) is 1. The zero-order chi connectivity index (χ0) is 37.2. The number of carbonyl (C=O) groups excluding carboxylic acids is 2. The lowest BCUT2D eigenvalue weighted by Crippen LogP contribution is -2.26. The first-order valence-electron chi connectivity index (χ1n) is 18.6. The summed E-state index contributed by atoms with van der Waals surface area (Å²) in [5, 5.41) is 5.77. The standard InChI is InChI=1S/C45H66N2O3/c1-34(22-24-40-38(5)20-13-26-44(40,7)8)16-11-18-36(3)32-42(48)46-28-15-30-50-31-29-47-43(49)33-37(4)19-12-17-35(2)23-25-41-39(6)21-14-27-45(41,9)10/h11-12,16-19,22-25,32-33H,13-15,20-21,26-31H2,1-10H3,(H,46,48)(H,47,49)/b18-11+,19-12+,24-22+,25-23+,34-16+,35-17+,36-32+,37-33+. The SMILES string of the molecule is CC1=C(/C=C/C(C)=C/C=C/C(C)=C/C(=O)NCCCOCCNC(=O)/C=C(C)/C=C/C=C(C)/C=C/C2=C(C)CCCC2(C)C)C(C)(C)CCC1. The summed E-state index contributed by atoms with van der Waals surface area (Å²) in [7, 11) is 0. The van der Waals surface area contributed by atoms with Crippen LogP contribution in [0.4, 0.5) is 0 Å². The summed E-state index contributed by atoms with van der Waals surface area (Å²) < 4.78 is 5.62. The summed E-state index contributed by atoms with van der Waals surface area (Å²) in [4.78, 5) is 24.5. The van der Waals surface area contributed by atoms with Gasteiger partial charge in [0.1, 0.15) is 0 Å². The number of amides is 2. The minimum atomic E-state index is -0.139. The molecule has 2 N–H and O–H groups in total. The van der Waals surface area contributed by atoms with Gasteiger partial charge in [0.05, 0.1) is 6.61 Å². The number of allylic oxidation sites excluding steroid dienone is 18. The van der Waals surface area contributed by atoms with Gasteiger partial charge < -0.3 is 15.4 Å². The van der Waals surface area contributed by atoms with Crippen molar-refractivity contribution in [2.45, 2.75) is 114 Å². The Morgan fingerprint density at radius 1 is 0.640 bits per heavy atom. The minimum absolute atomic E-state index is 0.114. The van der Waals surface area contributed by atoms with Crippen LogP contribution in [-0.2, 0) is 14.3 Å². The largest absolute Gasteiger partial charge is 0.380 e. The fraction of sp³-hybridized carbons (Fsp3) is 0.511.